The average Bonchev–Trinajstić information content (AvgIpc) is 3.08. The highest BCUT2D eigenvalue weighted by Gasteiger charge is 2.60. The van der Waals surface area contributed by atoms with Crippen LogP contribution in [-0.2, 0) is 10.2 Å². The number of nitrogens with one attached hydrogen (secondary N) is 1. The van der Waals surface area contributed by atoms with Gasteiger partial charge >= 0.3 is 0 Å². The SMILES string of the molecule is C=CCN1C(=O)C2(C(C#N)=C(N)Oc3n[nH]c(C)c32)c2ccccc21. The Labute approximate surface area is 144 Å². The van der Waals surface area contributed by atoms with Crippen LogP contribution in [0.1, 0.15) is 16.8 Å². The van der Waals surface area contributed by atoms with Gasteiger partial charge in [0.2, 0.25) is 17.7 Å². The number of carbonyl (C=O) groups is 1. The van der Waals surface area contributed by atoms with Gasteiger partial charge < -0.3 is 15.4 Å². The van der Waals surface area contributed by atoms with Crippen molar-refractivity contribution >= 4 is 11.6 Å². The number of H-pyrrole nitrogens is 1. The summed E-state index contributed by atoms with van der Waals surface area (Å²) in [6, 6.07) is 9.46. The van der Waals surface area contributed by atoms with Crippen LogP contribution in [0.2, 0.25) is 0 Å². The number of para-hydroxylation sites is 1. The minimum Gasteiger partial charge on any atom is -0.420 e. The zero-order valence-corrected chi connectivity index (χ0v) is 13.5. The maximum atomic E-state index is 13.6. The van der Waals surface area contributed by atoms with Gasteiger partial charge in [0.1, 0.15) is 17.1 Å². The lowest BCUT2D eigenvalue weighted by molar-refractivity contribution is -0.120. The Kier molecular flexibility index (Phi) is 2.99. The van der Waals surface area contributed by atoms with Crippen LogP contribution in [-0.4, -0.2) is 22.6 Å². The molecule has 3 heterocycles. The molecule has 1 spiro atoms. The zero-order chi connectivity index (χ0) is 17.8. The molecule has 0 bridgehead atoms. The lowest BCUT2D eigenvalue weighted by Gasteiger charge is -2.32. The van der Waals surface area contributed by atoms with Crippen molar-refractivity contribution in [1.82, 2.24) is 10.2 Å². The summed E-state index contributed by atoms with van der Waals surface area (Å²) in [5.41, 5.74) is 7.31. The topological polar surface area (TPSA) is 108 Å². The zero-order valence-electron chi connectivity index (χ0n) is 13.5. The summed E-state index contributed by atoms with van der Waals surface area (Å²) in [7, 11) is 0. The first kappa shape index (κ1) is 15.0. The molecule has 2 aliphatic heterocycles. The largest absolute Gasteiger partial charge is 0.420 e. The molecule has 2 aromatic rings. The lowest BCUT2D eigenvalue weighted by atomic mass is 9.69. The van der Waals surface area contributed by atoms with Crippen molar-refractivity contribution in [2.75, 3.05) is 11.4 Å². The van der Waals surface area contributed by atoms with Crippen LogP contribution >= 0.6 is 0 Å². The van der Waals surface area contributed by atoms with Crippen molar-refractivity contribution in [2.24, 2.45) is 5.73 Å². The van der Waals surface area contributed by atoms with Gasteiger partial charge in [0.05, 0.1) is 5.56 Å². The van der Waals surface area contributed by atoms with Gasteiger partial charge in [0, 0.05) is 23.5 Å². The molecule has 1 amide bonds. The Bertz CT molecular complexity index is 997. The molecule has 0 aliphatic carbocycles. The first-order valence-electron chi connectivity index (χ1n) is 7.73. The Morgan fingerprint density at radius 3 is 3.00 bits per heavy atom. The number of ether oxygens (including phenoxy) is 1. The number of aromatic nitrogens is 2. The van der Waals surface area contributed by atoms with E-state index in [1.807, 2.05) is 24.3 Å². The van der Waals surface area contributed by atoms with Crippen molar-refractivity contribution in [2.45, 2.75) is 12.3 Å². The van der Waals surface area contributed by atoms with Crippen molar-refractivity contribution in [3.63, 3.8) is 0 Å². The third-order valence-corrected chi connectivity index (χ3v) is 4.71. The fraction of sp³-hybridized carbons (Fsp3) is 0.167. The molecule has 1 atom stereocenters. The minimum absolute atomic E-state index is 0.0773. The standard InChI is InChI=1S/C18H15N5O2/c1-3-8-23-13-7-5-4-6-11(13)18(17(23)24)12(9-19)15(20)25-16-14(18)10(2)21-22-16/h3-7H,1,8,20H2,2H3,(H,21,22). The van der Waals surface area contributed by atoms with Crippen LogP contribution in [0.3, 0.4) is 0 Å². The summed E-state index contributed by atoms with van der Waals surface area (Å²) in [4.78, 5) is 15.2. The molecule has 1 aromatic heterocycles. The van der Waals surface area contributed by atoms with E-state index in [2.05, 4.69) is 22.8 Å². The van der Waals surface area contributed by atoms with Gasteiger partial charge in [-0.05, 0) is 13.0 Å². The highest BCUT2D eigenvalue weighted by molar-refractivity contribution is 6.14. The van der Waals surface area contributed by atoms with Crippen LogP contribution in [0, 0.1) is 18.3 Å². The van der Waals surface area contributed by atoms with E-state index in [1.165, 1.54) is 0 Å². The molecule has 1 aromatic carbocycles. The van der Waals surface area contributed by atoms with Crippen LogP contribution < -0.4 is 15.4 Å². The molecular weight excluding hydrogens is 318 g/mol. The van der Waals surface area contributed by atoms with Gasteiger partial charge in [0.15, 0.2) is 0 Å². The monoisotopic (exact) mass is 333 g/mol. The Hall–Kier alpha value is -3.53. The molecule has 7 heteroatoms. The number of nitrogens with two attached hydrogens (primary N) is 1. The molecule has 25 heavy (non-hydrogen) atoms. The highest BCUT2D eigenvalue weighted by atomic mass is 16.5. The quantitative estimate of drug-likeness (QED) is 0.812. The van der Waals surface area contributed by atoms with Gasteiger partial charge in [0.25, 0.3) is 0 Å². The number of benzene rings is 1. The maximum Gasteiger partial charge on any atom is 0.248 e. The second-order valence-corrected chi connectivity index (χ2v) is 5.95. The third-order valence-electron chi connectivity index (χ3n) is 4.71. The summed E-state index contributed by atoms with van der Waals surface area (Å²) in [5.74, 6) is -0.148. The number of anilines is 1. The second-order valence-electron chi connectivity index (χ2n) is 5.95. The van der Waals surface area contributed by atoms with Crippen molar-refractivity contribution in [1.29, 1.82) is 5.26 Å². The van der Waals surface area contributed by atoms with Crippen molar-refractivity contribution < 1.29 is 9.53 Å². The molecule has 0 radical (unpaired) electrons. The predicted octanol–water partition coefficient (Wildman–Crippen LogP) is 1.62. The van der Waals surface area contributed by atoms with Gasteiger partial charge in [-0.2, -0.15) is 5.26 Å². The van der Waals surface area contributed by atoms with E-state index in [9.17, 15) is 10.1 Å². The second kappa shape index (κ2) is 4.98. The number of nitrogens with zero attached hydrogens (tertiary/aromatic N) is 3. The first-order chi connectivity index (χ1) is 12.1. The van der Waals surface area contributed by atoms with Crippen LogP contribution in [0.4, 0.5) is 5.69 Å². The fourth-order valence-electron chi connectivity index (χ4n) is 3.77. The number of aromatic amines is 1. The molecule has 2 aliphatic rings. The molecule has 3 N–H and O–H groups in total. The summed E-state index contributed by atoms with van der Waals surface area (Å²) in [6.45, 7) is 5.85. The molecule has 0 fully saturated rings. The van der Waals surface area contributed by atoms with Gasteiger partial charge in [-0.3, -0.25) is 9.89 Å². The number of aryl methyl sites for hydroxylation is 1. The lowest BCUT2D eigenvalue weighted by Crippen LogP contribution is -2.46. The van der Waals surface area contributed by atoms with E-state index in [-0.39, 0.29) is 23.2 Å². The Morgan fingerprint density at radius 2 is 2.28 bits per heavy atom. The van der Waals surface area contributed by atoms with Gasteiger partial charge in [-0.15, -0.1) is 11.7 Å². The normalized spacial score (nSPS) is 21.0. The van der Waals surface area contributed by atoms with E-state index in [0.717, 1.165) is 5.69 Å². The van der Waals surface area contributed by atoms with Crippen molar-refractivity contribution in [3.8, 4) is 11.9 Å². The van der Waals surface area contributed by atoms with Crippen LogP contribution in [0.25, 0.3) is 0 Å². The summed E-state index contributed by atoms with van der Waals surface area (Å²) in [5, 5.41) is 16.8. The molecule has 124 valence electrons. The molecule has 0 saturated carbocycles. The van der Waals surface area contributed by atoms with E-state index >= 15 is 0 Å². The number of fused-ring (bicyclic) bond motifs is 4. The summed E-state index contributed by atoms with van der Waals surface area (Å²) in [6.07, 6.45) is 1.65. The Morgan fingerprint density at radius 1 is 1.52 bits per heavy atom. The van der Waals surface area contributed by atoms with Crippen LogP contribution in [0.5, 0.6) is 5.88 Å². The average molecular weight is 333 g/mol. The first-order valence-corrected chi connectivity index (χ1v) is 7.73. The minimum atomic E-state index is -1.36. The van der Waals surface area contributed by atoms with Gasteiger partial charge in [-0.1, -0.05) is 24.3 Å². The number of amides is 1. The molecular formula is C18H15N5O2. The highest BCUT2D eigenvalue weighted by Crippen LogP contribution is 2.55. The number of nitriles is 1. The van der Waals surface area contributed by atoms with Crippen LogP contribution in [0.15, 0.2) is 48.4 Å². The maximum absolute atomic E-state index is 13.6. The summed E-state index contributed by atoms with van der Waals surface area (Å²) < 4.78 is 5.50. The molecule has 7 nitrogen and oxygen atoms in total. The van der Waals surface area contributed by atoms with Gasteiger partial charge in [-0.25, -0.2) is 0 Å². The summed E-state index contributed by atoms with van der Waals surface area (Å²) >= 11 is 0. The fourth-order valence-corrected chi connectivity index (χ4v) is 3.77. The van der Waals surface area contributed by atoms with E-state index in [0.29, 0.717) is 23.4 Å². The number of carbonyl (C=O) groups excluding carboxylic acids is 1. The van der Waals surface area contributed by atoms with Crippen molar-refractivity contribution in [3.05, 3.63) is 65.2 Å². The molecule has 0 saturated heterocycles. The molecule has 4 rings (SSSR count). The smallest absolute Gasteiger partial charge is 0.248 e. The van der Waals surface area contributed by atoms with E-state index in [1.54, 1.807) is 17.9 Å². The number of hydrogen-bond donors (Lipinski definition) is 2. The van der Waals surface area contributed by atoms with E-state index < -0.39 is 5.41 Å². The predicted molar refractivity (Wildman–Crippen MR) is 90.6 cm³/mol. The number of rotatable bonds is 2. The number of hydrogen-bond acceptors (Lipinski definition) is 5. The van der Waals surface area contributed by atoms with E-state index in [4.69, 9.17) is 10.5 Å². The third kappa shape index (κ3) is 1.63. The molecule has 1 unspecified atom stereocenters. The Balaban J connectivity index is 2.15.